The van der Waals surface area contributed by atoms with Gasteiger partial charge in [-0.05, 0) is 44.7 Å². The van der Waals surface area contributed by atoms with Gasteiger partial charge >= 0.3 is 0 Å². The van der Waals surface area contributed by atoms with Gasteiger partial charge in [0.05, 0.1) is 23.5 Å². The number of nitrogens with zero attached hydrogens (tertiary/aromatic N) is 5. The zero-order valence-corrected chi connectivity index (χ0v) is 19.3. The molecule has 1 spiro atoms. The molecule has 1 aromatic heterocycles. The highest BCUT2D eigenvalue weighted by molar-refractivity contribution is 6.02. The van der Waals surface area contributed by atoms with Gasteiger partial charge in [-0.1, -0.05) is 18.2 Å². The van der Waals surface area contributed by atoms with Crippen molar-refractivity contribution < 1.29 is 9.59 Å². The predicted molar refractivity (Wildman–Crippen MR) is 122 cm³/mol. The Kier molecular flexibility index (Phi) is 5.32. The molecule has 7 nitrogen and oxygen atoms in total. The summed E-state index contributed by atoms with van der Waals surface area (Å²) in [5, 5.41) is 0. The number of aryl methyl sites for hydroxylation is 1. The molecule has 2 aromatic rings. The molecule has 4 heterocycles. The minimum Gasteiger partial charge on any atom is -0.342 e. The summed E-state index contributed by atoms with van der Waals surface area (Å²) in [6, 6.07) is 7.82. The van der Waals surface area contributed by atoms with Crippen molar-refractivity contribution in [1.82, 2.24) is 24.3 Å². The predicted octanol–water partition coefficient (Wildman–Crippen LogP) is 2.64. The highest BCUT2D eigenvalue weighted by atomic mass is 16.2. The third kappa shape index (κ3) is 3.25. The van der Waals surface area contributed by atoms with Crippen LogP contribution in [0.4, 0.5) is 0 Å². The molecule has 2 amide bonds. The lowest BCUT2D eigenvalue weighted by Crippen LogP contribution is -2.67. The van der Waals surface area contributed by atoms with E-state index in [1.165, 1.54) is 5.69 Å². The Morgan fingerprint density at radius 3 is 2.47 bits per heavy atom. The fourth-order valence-electron chi connectivity index (χ4n) is 5.93. The Hall–Kier alpha value is -2.67. The molecule has 0 bridgehead atoms. The Morgan fingerprint density at radius 1 is 1.16 bits per heavy atom. The van der Waals surface area contributed by atoms with Crippen molar-refractivity contribution in [2.24, 2.45) is 7.05 Å². The van der Waals surface area contributed by atoms with Gasteiger partial charge in [0.1, 0.15) is 0 Å². The van der Waals surface area contributed by atoms with Crippen LogP contribution in [0.3, 0.4) is 0 Å². The van der Waals surface area contributed by atoms with Crippen LogP contribution in [-0.2, 0) is 18.4 Å². The smallest absolute Gasteiger partial charge is 0.254 e. The maximum atomic E-state index is 13.8. The van der Waals surface area contributed by atoms with Crippen LogP contribution >= 0.6 is 0 Å². The van der Waals surface area contributed by atoms with Crippen LogP contribution in [0.2, 0.25) is 0 Å². The van der Waals surface area contributed by atoms with Crippen LogP contribution in [-0.4, -0.2) is 73.8 Å². The summed E-state index contributed by atoms with van der Waals surface area (Å²) in [6.45, 7) is 8.37. The molecular formula is C25H33N5O2. The summed E-state index contributed by atoms with van der Waals surface area (Å²) < 4.78 is 2.06. The molecule has 0 aliphatic carbocycles. The lowest BCUT2D eigenvalue weighted by Gasteiger charge is -2.57. The van der Waals surface area contributed by atoms with Crippen molar-refractivity contribution in [1.29, 1.82) is 0 Å². The quantitative estimate of drug-likeness (QED) is 0.741. The standard InChI is InChI=1S/C25H33N5O2/c1-18(2)30-23(31)21-8-5-4-7-20(21)22(24(32)29-11-6-12-29)25(30)9-13-28(14-10-25)16-19-15-26-17-27(19)3/h4-5,7-8,15,17-18,22H,6,9-14,16H2,1-3H3. The molecule has 3 aliphatic rings. The minimum atomic E-state index is -0.477. The Labute approximate surface area is 190 Å². The second kappa shape index (κ2) is 8.03. The van der Waals surface area contributed by atoms with E-state index in [1.807, 2.05) is 48.7 Å². The molecule has 1 atom stereocenters. The van der Waals surface area contributed by atoms with E-state index in [-0.39, 0.29) is 23.8 Å². The third-order valence-electron chi connectivity index (χ3n) is 7.69. The number of hydrogen-bond acceptors (Lipinski definition) is 4. The lowest BCUT2D eigenvalue weighted by atomic mass is 9.66. The molecule has 1 aromatic carbocycles. The summed E-state index contributed by atoms with van der Waals surface area (Å²) >= 11 is 0. The number of imidazole rings is 1. The average Bonchev–Trinajstić information content (AvgIpc) is 3.13. The number of carbonyl (C=O) groups is 2. The van der Waals surface area contributed by atoms with Gasteiger partial charge in [0.15, 0.2) is 0 Å². The van der Waals surface area contributed by atoms with Crippen LogP contribution in [0, 0.1) is 0 Å². The van der Waals surface area contributed by atoms with E-state index in [1.54, 1.807) is 0 Å². The molecular weight excluding hydrogens is 402 g/mol. The Balaban J connectivity index is 1.52. The molecule has 3 aliphatic heterocycles. The highest BCUT2D eigenvalue weighted by Crippen LogP contribution is 2.49. The molecule has 2 saturated heterocycles. The zero-order valence-electron chi connectivity index (χ0n) is 19.3. The van der Waals surface area contributed by atoms with E-state index < -0.39 is 5.54 Å². The summed E-state index contributed by atoms with van der Waals surface area (Å²) in [6.07, 6.45) is 6.42. The van der Waals surface area contributed by atoms with Gasteiger partial charge in [-0.3, -0.25) is 14.5 Å². The number of carbonyl (C=O) groups excluding carboxylic acids is 2. The van der Waals surface area contributed by atoms with Gasteiger partial charge in [0.2, 0.25) is 5.91 Å². The van der Waals surface area contributed by atoms with Crippen molar-refractivity contribution in [2.75, 3.05) is 26.2 Å². The highest BCUT2D eigenvalue weighted by Gasteiger charge is 2.57. The first kappa shape index (κ1) is 21.2. The molecule has 7 heteroatoms. The monoisotopic (exact) mass is 435 g/mol. The molecule has 0 saturated carbocycles. The molecule has 0 N–H and O–H groups in total. The van der Waals surface area contributed by atoms with E-state index >= 15 is 0 Å². The average molecular weight is 436 g/mol. The number of hydrogen-bond donors (Lipinski definition) is 0. The summed E-state index contributed by atoms with van der Waals surface area (Å²) in [5.74, 6) is -0.0248. The molecule has 0 radical (unpaired) electrons. The summed E-state index contributed by atoms with van der Waals surface area (Å²) in [4.78, 5) is 38.3. The fourth-order valence-corrected chi connectivity index (χ4v) is 5.93. The summed E-state index contributed by atoms with van der Waals surface area (Å²) in [5.41, 5.74) is 2.32. The number of fused-ring (bicyclic) bond motifs is 1. The Bertz CT molecular complexity index is 1020. The van der Waals surface area contributed by atoms with Crippen molar-refractivity contribution >= 4 is 11.8 Å². The van der Waals surface area contributed by atoms with E-state index in [4.69, 9.17) is 0 Å². The van der Waals surface area contributed by atoms with Crippen molar-refractivity contribution in [3.63, 3.8) is 0 Å². The van der Waals surface area contributed by atoms with Crippen LogP contribution in [0.5, 0.6) is 0 Å². The van der Waals surface area contributed by atoms with Crippen molar-refractivity contribution in [3.05, 3.63) is 53.6 Å². The fraction of sp³-hybridized carbons (Fsp3) is 0.560. The first-order valence-corrected chi connectivity index (χ1v) is 11.8. The van der Waals surface area contributed by atoms with Crippen molar-refractivity contribution in [2.45, 2.75) is 57.2 Å². The number of amides is 2. The maximum Gasteiger partial charge on any atom is 0.254 e. The molecule has 170 valence electrons. The van der Waals surface area contributed by atoms with E-state index in [9.17, 15) is 9.59 Å². The lowest BCUT2D eigenvalue weighted by molar-refractivity contribution is -0.142. The summed E-state index contributed by atoms with van der Waals surface area (Å²) in [7, 11) is 2.02. The van der Waals surface area contributed by atoms with Crippen molar-refractivity contribution in [3.8, 4) is 0 Å². The third-order valence-corrected chi connectivity index (χ3v) is 7.69. The number of rotatable bonds is 4. The minimum absolute atomic E-state index is 0.0335. The van der Waals surface area contributed by atoms with Gasteiger partial charge in [-0.25, -0.2) is 4.98 Å². The molecule has 5 rings (SSSR count). The number of aromatic nitrogens is 2. The van der Waals surface area contributed by atoms with Crippen LogP contribution in [0.15, 0.2) is 36.8 Å². The maximum absolute atomic E-state index is 13.8. The van der Waals surface area contributed by atoms with E-state index in [0.717, 1.165) is 57.5 Å². The van der Waals surface area contributed by atoms with Gasteiger partial charge < -0.3 is 14.4 Å². The SMILES string of the molecule is CC(C)N1C(=O)c2ccccc2C(C(=O)N2CCC2)C12CCN(Cc1cncn1C)CC2. The number of benzene rings is 1. The molecule has 2 fully saturated rings. The number of likely N-dealkylation sites (tertiary alicyclic amines) is 2. The number of piperidine rings is 1. The van der Waals surface area contributed by atoms with Gasteiger partial charge in [0.25, 0.3) is 5.91 Å². The normalized spacial score (nSPS) is 22.9. The van der Waals surface area contributed by atoms with Crippen LogP contribution in [0.25, 0.3) is 0 Å². The van der Waals surface area contributed by atoms with Crippen LogP contribution < -0.4 is 0 Å². The molecule has 1 unspecified atom stereocenters. The molecule has 32 heavy (non-hydrogen) atoms. The van der Waals surface area contributed by atoms with E-state index in [2.05, 4.69) is 33.2 Å². The largest absolute Gasteiger partial charge is 0.342 e. The Morgan fingerprint density at radius 2 is 1.88 bits per heavy atom. The van der Waals surface area contributed by atoms with Gasteiger partial charge in [-0.15, -0.1) is 0 Å². The van der Waals surface area contributed by atoms with Crippen LogP contribution in [0.1, 0.15) is 60.6 Å². The first-order valence-electron chi connectivity index (χ1n) is 11.8. The van der Waals surface area contributed by atoms with Gasteiger partial charge in [0, 0.05) is 57.6 Å². The van der Waals surface area contributed by atoms with E-state index in [0.29, 0.717) is 5.56 Å². The topological polar surface area (TPSA) is 61.7 Å². The van der Waals surface area contributed by atoms with Gasteiger partial charge in [-0.2, -0.15) is 0 Å². The second-order valence-electron chi connectivity index (χ2n) is 9.84. The zero-order chi connectivity index (χ0) is 22.5. The second-order valence-corrected chi connectivity index (χ2v) is 9.84. The first-order chi connectivity index (χ1) is 15.4.